The van der Waals surface area contributed by atoms with E-state index in [-0.39, 0.29) is 6.04 Å². The summed E-state index contributed by atoms with van der Waals surface area (Å²) in [6, 6.07) is -0.0228. The van der Waals surface area contributed by atoms with Crippen molar-refractivity contribution in [1.29, 1.82) is 0 Å². The van der Waals surface area contributed by atoms with Crippen LogP contribution < -0.4 is 5.73 Å². The van der Waals surface area contributed by atoms with E-state index in [9.17, 15) is 0 Å². The van der Waals surface area contributed by atoms with Crippen molar-refractivity contribution < 1.29 is 0 Å². The standard InChI is InChI=1S/C11H15N5/c1-7(12)11-8(2)15-16(9(11)3)10-6-13-4-5-14-10/h4-7H,12H2,1-3H3. The molecule has 5 nitrogen and oxygen atoms in total. The Morgan fingerprint density at radius 3 is 2.56 bits per heavy atom. The maximum absolute atomic E-state index is 5.92. The summed E-state index contributed by atoms with van der Waals surface area (Å²) in [5.41, 5.74) is 8.96. The van der Waals surface area contributed by atoms with Gasteiger partial charge in [-0.15, -0.1) is 0 Å². The van der Waals surface area contributed by atoms with Gasteiger partial charge >= 0.3 is 0 Å². The van der Waals surface area contributed by atoms with E-state index in [0.717, 1.165) is 22.8 Å². The molecule has 5 heteroatoms. The van der Waals surface area contributed by atoms with E-state index in [4.69, 9.17) is 5.73 Å². The van der Waals surface area contributed by atoms with Gasteiger partial charge in [0.25, 0.3) is 0 Å². The molecule has 0 radical (unpaired) electrons. The van der Waals surface area contributed by atoms with Crippen molar-refractivity contribution in [2.45, 2.75) is 26.8 Å². The maximum atomic E-state index is 5.92. The zero-order valence-electron chi connectivity index (χ0n) is 9.68. The molecular weight excluding hydrogens is 202 g/mol. The normalized spacial score (nSPS) is 12.8. The number of aryl methyl sites for hydroxylation is 1. The number of nitrogens with two attached hydrogens (primary N) is 1. The lowest BCUT2D eigenvalue weighted by Gasteiger charge is -2.06. The Morgan fingerprint density at radius 1 is 1.31 bits per heavy atom. The molecule has 2 aromatic rings. The van der Waals surface area contributed by atoms with E-state index in [2.05, 4.69) is 15.1 Å². The molecule has 0 aromatic carbocycles. The summed E-state index contributed by atoms with van der Waals surface area (Å²) < 4.78 is 1.78. The molecule has 0 amide bonds. The van der Waals surface area contributed by atoms with Crippen LogP contribution in [0.25, 0.3) is 5.82 Å². The minimum absolute atomic E-state index is 0.0228. The number of aromatic nitrogens is 4. The minimum atomic E-state index is -0.0228. The zero-order chi connectivity index (χ0) is 11.7. The lowest BCUT2D eigenvalue weighted by atomic mass is 10.1. The lowest BCUT2D eigenvalue weighted by Crippen LogP contribution is -2.08. The predicted molar refractivity (Wildman–Crippen MR) is 61.2 cm³/mol. The van der Waals surface area contributed by atoms with Crippen LogP contribution in [0.5, 0.6) is 0 Å². The maximum Gasteiger partial charge on any atom is 0.172 e. The highest BCUT2D eigenvalue weighted by molar-refractivity contribution is 5.32. The molecule has 1 atom stereocenters. The minimum Gasteiger partial charge on any atom is -0.324 e. The second-order valence-electron chi connectivity index (χ2n) is 3.85. The van der Waals surface area contributed by atoms with Crippen LogP contribution in [0.1, 0.15) is 29.9 Å². The van der Waals surface area contributed by atoms with Crippen molar-refractivity contribution in [2.24, 2.45) is 5.73 Å². The highest BCUT2D eigenvalue weighted by Gasteiger charge is 2.15. The Morgan fingerprint density at radius 2 is 2.06 bits per heavy atom. The molecule has 2 aromatic heterocycles. The largest absolute Gasteiger partial charge is 0.324 e. The summed E-state index contributed by atoms with van der Waals surface area (Å²) in [5, 5.41) is 4.44. The zero-order valence-corrected chi connectivity index (χ0v) is 9.68. The number of rotatable bonds is 2. The van der Waals surface area contributed by atoms with Gasteiger partial charge in [-0.3, -0.25) is 4.98 Å². The Bertz CT molecular complexity index is 487. The van der Waals surface area contributed by atoms with Gasteiger partial charge in [-0.05, 0) is 20.8 Å². The molecule has 16 heavy (non-hydrogen) atoms. The molecule has 0 spiro atoms. The van der Waals surface area contributed by atoms with Gasteiger partial charge in [0.2, 0.25) is 0 Å². The summed E-state index contributed by atoms with van der Waals surface area (Å²) in [7, 11) is 0. The van der Waals surface area contributed by atoms with E-state index in [1.165, 1.54) is 0 Å². The SMILES string of the molecule is Cc1nn(-c2cnccn2)c(C)c1C(C)N. The third-order valence-corrected chi connectivity index (χ3v) is 2.57. The molecule has 2 N–H and O–H groups in total. The first-order valence-corrected chi connectivity index (χ1v) is 5.19. The molecule has 0 aliphatic rings. The van der Waals surface area contributed by atoms with Crippen LogP contribution in [0.3, 0.4) is 0 Å². The quantitative estimate of drug-likeness (QED) is 0.823. The van der Waals surface area contributed by atoms with Gasteiger partial charge in [0.05, 0.1) is 11.9 Å². The first-order valence-electron chi connectivity index (χ1n) is 5.19. The van der Waals surface area contributed by atoms with Crippen LogP contribution in [0.4, 0.5) is 0 Å². The van der Waals surface area contributed by atoms with Crippen LogP contribution in [0.2, 0.25) is 0 Å². The smallest absolute Gasteiger partial charge is 0.172 e. The van der Waals surface area contributed by atoms with Gasteiger partial charge in [0, 0.05) is 29.7 Å². The van der Waals surface area contributed by atoms with Crippen LogP contribution in [0, 0.1) is 13.8 Å². The molecule has 1 unspecified atom stereocenters. The number of nitrogens with zero attached hydrogens (tertiary/aromatic N) is 4. The molecule has 0 saturated carbocycles. The third kappa shape index (κ3) is 1.69. The first-order chi connectivity index (χ1) is 7.61. The van der Waals surface area contributed by atoms with Crippen molar-refractivity contribution in [3.63, 3.8) is 0 Å². The topological polar surface area (TPSA) is 69.6 Å². The number of hydrogen-bond donors (Lipinski definition) is 1. The van der Waals surface area contributed by atoms with E-state index < -0.39 is 0 Å². The van der Waals surface area contributed by atoms with Gasteiger partial charge < -0.3 is 5.73 Å². The fourth-order valence-corrected chi connectivity index (χ4v) is 1.94. The van der Waals surface area contributed by atoms with Crippen molar-refractivity contribution in [2.75, 3.05) is 0 Å². The first kappa shape index (κ1) is 10.8. The van der Waals surface area contributed by atoms with Crippen LogP contribution in [-0.2, 0) is 0 Å². The molecule has 2 heterocycles. The summed E-state index contributed by atoms with van der Waals surface area (Å²) in [4.78, 5) is 8.25. The van der Waals surface area contributed by atoms with E-state index in [0.29, 0.717) is 0 Å². The number of hydrogen-bond acceptors (Lipinski definition) is 4. The van der Waals surface area contributed by atoms with Gasteiger partial charge in [0.15, 0.2) is 5.82 Å². The molecule has 2 rings (SSSR count). The lowest BCUT2D eigenvalue weighted by molar-refractivity contribution is 0.783. The van der Waals surface area contributed by atoms with Gasteiger partial charge in [-0.25, -0.2) is 9.67 Å². The molecule has 0 bridgehead atoms. The fraction of sp³-hybridized carbons (Fsp3) is 0.364. The molecule has 0 aliphatic carbocycles. The Hall–Kier alpha value is -1.75. The van der Waals surface area contributed by atoms with E-state index >= 15 is 0 Å². The van der Waals surface area contributed by atoms with Crippen LogP contribution >= 0.6 is 0 Å². The average molecular weight is 217 g/mol. The Kier molecular flexibility index (Phi) is 2.70. The van der Waals surface area contributed by atoms with Crippen molar-refractivity contribution >= 4 is 0 Å². The second-order valence-corrected chi connectivity index (χ2v) is 3.85. The molecule has 0 saturated heterocycles. The Labute approximate surface area is 94.3 Å². The molecule has 84 valence electrons. The molecule has 0 aliphatic heterocycles. The molecule has 0 fully saturated rings. The Balaban J connectivity index is 2.56. The highest BCUT2D eigenvalue weighted by Crippen LogP contribution is 2.21. The van der Waals surface area contributed by atoms with E-state index in [1.807, 2.05) is 20.8 Å². The molecular formula is C11H15N5. The van der Waals surface area contributed by atoms with Gasteiger partial charge in [-0.2, -0.15) is 5.10 Å². The fourth-order valence-electron chi connectivity index (χ4n) is 1.94. The summed E-state index contributed by atoms with van der Waals surface area (Å²) in [5.74, 6) is 0.718. The van der Waals surface area contributed by atoms with Gasteiger partial charge in [-0.1, -0.05) is 0 Å². The average Bonchev–Trinajstić information content (AvgIpc) is 2.55. The predicted octanol–water partition coefficient (Wildman–Crippen LogP) is 1.30. The van der Waals surface area contributed by atoms with Crippen LogP contribution in [0.15, 0.2) is 18.6 Å². The van der Waals surface area contributed by atoms with Crippen LogP contribution in [-0.4, -0.2) is 19.7 Å². The summed E-state index contributed by atoms with van der Waals surface area (Å²) in [6.07, 6.45) is 4.98. The van der Waals surface area contributed by atoms with Crippen molar-refractivity contribution in [3.8, 4) is 5.82 Å². The highest BCUT2D eigenvalue weighted by atomic mass is 15.3. The van der Waals surface area contributed by atoms with E-state index in [1.54, 1.807) is 23.3 Å². The third-order valence-electron chi connectivity index (χ3n) is 2.57. The van der Waals surface area contributed by atoms with Crippen molar-refractivity contribution in [1.82, 2.24) is 19.7 Å². The summed E-state index contributed by atoms with van der Waals surface area (Å²) >= 11 is 0. The van der Waals surface area contributed by atoms with Crippen molar-refractivity contribution in [3.05, 3.63) is 35.5 Å². The second kappa shape index (κ2) is 4.02. The monoisotopic (exact) mass is 217 g/mol. The van der Waals surface area contributed by atoms with Gasteiger partial charge in [0.1, 0.15) is 0 Å². The summed E-state index contributed by atoms with van der Waals surface area (Å²) in [6.45, 7) is 5.91.